The third kappa shape index (κ3) is 2.48. The van der Waals surface area contributed by atoms with E-state index >= 15 is 0 Å². The standard InChI is InChI=1S/C12H25NO/c1-4-12(2,3)10-6-5-9(8-13)11(14)7-10/h9-11,14H,4-8,13H2,1-3H3. The van der Waals surface area contributed by atoms with Gasteiger partial charge in [0.1, 0.15) is 0 Å². The molecule has 84 valence electrons. The molecule has 1 rings (SSSR count). The summed E-state index contributed by atoms with van der Waals surface area (Å²) in [7, 11) is 0. The lowest BCUT2D eigenvalue weighted by Crippen LogP contribution is -2.38. The first-order valence-corrected chi connectivity index (χ1v) is 5.89. The molecule has 1 aliphatic carbocycles. The van der Waals surface area contributed by atoms with Gasteiger partial charge in [-0.3, -0.25) is 0 Å². The van der Waals surface area contributed by atoms with Crippen molar-refractivity contribution in [3.05, 3.63) is 0 Å². The Kier molecular flexibility index (Phi) is 3.96. The van der Waals surface area contributed by atoms with E-state index in [9.17, 15) is 5.11 Å². The van der Waals surface area contributed by atoms with Crippen molar-refractivity contribution in [3.63, 3.8) is 0 Å². The van der Waals surface area contributed by atoms with E-state index in [1.165, 1.54) is 12.8 Å². The SMILES string of the molecule is CCC(C)(C)C1CCC(CN)C(O)C1. The van der Waals surface area contributed by atoms with Crippen LogP contribution in [0.4, 0.5) is 0 Å². The Morgan fingerprint density at radius 1 is 1.36 bits per heavy atom. The average molecular weight is 199 g/mol. The first-order valence-electron chi connectivity index (χ1n) is 5.89. The molecule has 0 aliphatic heterocycles. The van der Waals surface area contributed by atoms with Gasteiger partial charge < -0.3 is 10.8 Å². The van der Waals surface area contributed by atoms with E-state index < -0.39 is 0 Å². The van der Waals surface area contributed by atoms with Crippen LogP contribution in [0.3, 0.4) is 0 Å². The minimum atomic E-state index is -0.162. The molecule has 0 bridgehead atoms. The van der Waals surface area contributed by atoms with Gasteiger partial charge in [0, 0.05) is 0 Å². The normalized spacial score (nSPS) is 34.5. The second-order valence-corrected chi connectivity index (χ2v) is 5.42. The van der Waals surface area contributed by atoms with E-state index in [-0.39, 0.29) is 6.10 Å². The minimum Gasteiger partial charge on any atom is -0.393 e. The molecule has 14 heavy (non-hydrogen) atoms. The highest BCUT2D eigenvalue weighted by Crippen LogP contribution is 2.41. The van der Waals surface area contributed by atoms with Gasteiger partial charge in [-0.05, 0) is 43.1 Å². The van der Waals surface area contributed by atoms with Crippen LogP contribution in [0, 0.1) is 17.3 Å². The number of nitrogens with two attached hydrogens (primary N) is 1. The molecule has 0 spiro atoms. The summed E-state index contributed by atoms with van der Waals surface area (Å²) in [5, 5.41) is 9.92. The van der Waals surface area contributed by atoms with Gasteiger partial charge in [0.05, 0.1) is 6.10 Å². The number of aliphatic hydroxyl groups is 1. The van der Waals surface area contributed by atoms with Gasteiger partial charge in [-0.1, -0.05) is 27.2 Å². The summed E-state index contributed by atoms with van der Waals surface area (Å²) >= 11 is 0. The zero-order chi connectivity index (χ0) is 10.8. The third-order valence-corrected chi connectivity index (χ3v) is 4.28. The van der Waals surface area contributed by atoms with E-state index in [0.717, 1.165) is 12.8 Å². The first kappa shape index (κ1) is 12.0. The highest BCUT2D eigenvalue weighted by molar-refractivity contribution is 4.87. The van der Waals surface area contributed by atoms with E-state index in [1.54, 1.807) is 0 Å². The van der Waals surface area contributed by atoms with Crippen LogP contribution in [0.15, 0.2) is 0 Å². The third-order valence-electron chi connectivity index (χ3n) is 4.28. The zero-order valence-electron chi connectivity index (χ0n) is 9.79. The van der Waals surface area contributed by atoms with Crippen molar-refractivity contribution >= 4 is 0 Å². The van der Waals surface area contributed by atoms with Crippen LogP contribution in [0.1, 0.15) is 46.5 Å². The van der Waals surface area contributed by atoms with Crippen LogP contribution < -0.4 is 5.73 Å². The second-order valence-electron chi connectivity index (χ2n) is 5.42. The molecule has 3 atom stereocenters. The van der Waals surface area contributed by atoms with E-state index in [2.05, 4.69) is 20.8 Å². The average Bonchev–Trinajstić information content (AvgIpc) is 2.17. The maximum absolute atomic E-state index is 9.92. The predicted molar refractivity (Wildman–Crippen MR) is 60.0 cm³/mol. The van der Waals surface area contributed by atoms with E-state index in [0.29, 0.717) is 23.8 Å². The lowest BCUT2D eigenvalue weighted by atomic mass is 9.66. The van der Waals surface area contributed by atoms with Gasteiger partial charge in [-0.15, -0.1) is 0 Å². The lowest BCUT2D eigenvalue weighted by Gasteiger charge is -2.41. The molecule has 2 heteroatoms. The highest BCUT2D eigenvalue weighted by atomic mass is 16.3. The molecule has 1 fully saturated rings. The van der Waals surface area contributed by atoms with E-state index in [4.69, 9.17) is 5.73 Å². The summed E-state index contributed by atoms with van der Waals surface area (Å²) in [5.41, 5.74) is 6.00. The Labute approximate surface area is 87.9 Å². The topological polar surface area (TPSA) is 46.2 Å². The van der Waals surface area contributed by atoms with Gasteiger partial charge in [-0.25, -0.2) is 0 Å². The number of hydrogen-bond acceptors (Lipinski definition) is 2. The quantitative estimate of drug-likeness (QED) is 0.731. The van der Waals surface area contributed by atoms with Crippen LogP contribution in [0.5, 0.6) is 0 Å². The minimum absolute atomic E-state index is 0.162. The fourth-order valence-electron chi connectivity index (χ4n) is 2.48. The molecule has 0 amide bonds. The number of aliphatic hydroxyl groups excluding tert-OH is 1. The summed E-state index contributed by atoms with van der Waals surface area (Å²) < 4.78 is 0. The molecule has 2 nitrogen and oxygen atoms in total. The van der Waals surface area contributed by atoms with Gasteiger partial charge in [0.15, 0.2) is 0 Å². The van der Waals surface area contributed by atoms with Crippen LogP contribution in [-0.2, 0) is 0 Å². The van der Waals surface area contributed by atoms with Crippen molar-refractivity contribution in [1.29, 1.82) is 0 Å². The summed E-state index contributed by atoms with van der Waals surface area (Å²) in [5.74, 6) is 1.02. The van der Waals surface area contributed by atoms with Crippen molar-refractivity contribution in [2.45, 2.75) is 52.6 Å². The maximum atomic E-state index is 9.92. The Bertz CT molecular complexity index is 179. The summed E-state index contributed by atoms with van der Waals surface area (Å²) in [4.78, 5) is 0. The fourth-order valence-corrected chi connectivity index (χ4v) is 2.48. The van der Waals surface area contributed by atoms with Crippen molar-refractivity contribution < 1.29 is 5.11 Å². The highest BCUT2D eigenvalue weighted by Gasteiger charge is 2.35. The Morgan fingerprint density at radius 3 is 2.43 bits per heavy atom. The van der Waals surface area contributed by atoms with Gasteiger partial charge in [-0.2, -0.15) is 0 Å². The zero-order valence-corrected chi connectivity index (χ0v) is 9.79. The maximum Gasteiger partial charge on any atom is 0.0583 e. The molecule has 0 heterocycles. The second kappa shape index (κ2) is 4.63. The molecule has 1 saturated carbocycles. The molecule has 1 aliphatic rings. The predicted octanol–water partition coefficient (Wildman–Crippen LogP) is 2.16. The van der Waals surface area contributed by atoms with Gasteiger partial charge in [0.2, 0.25) is 0 Å². The summed E-state index contributed by atoms with van der Waals surface area (Å²) in [6, 6.07) is 0. The van der Waals surface area contributed by atoms with Crippen LogP contribution in [-0.4, -0.2) is 17.8 Å². The molecular formula is C12H25NO. The van der Waals surface area contributed by atoms with Crippen molar-refractivity contribution in [2.75, 3.05) is 6.54 Å². The number of rotatable bonds is 3. The molecule has 3 N–H and O–H groups in total. The monoisotopic (exact) mass is 199 g/mol. The Morgan fingerprint density at radius 2 is 2.00 bits per heavy atom. The molecular weight excluding hydrogens is 174 g/mol. The Hall–Kier alpha value is -0.0800. The van der Waals surface area contributed by atoms with Gasteiger partial charge >= 0.3 is 0 Å². The molecule has 0 aromatic rings. The van der Waals surface area contributed by atoms with Crippen LogP contribution in [0.25, 0.3) is 0 Å². The lowest BCUT2D eigenvalue weighted by molar-refractivity contribution is 0.0105. The summed E-state index contributed by atoms with van der Waals surface area (Å²) in [6.07, 6.45) is 4.32. The molecule has 0 aromatic heterocycles. The molecule has 0 aromatic carbocycles. The first-order chi connectivity index (χ1) is 6.51. The van der Waals surface area contributed by atoms with Crippen LogP contribution >= 0.6 is 0 Å². The largest absolute Gasteiger partial charge is 0.393 e. The molecule has 3 unspecified atom stereocenters. The fraction of sp³-hybridized carbons (Fsp3) is 1.00. The molecule has 0 radical (unpaired) electrons. The van der Waals surface area contributed by atoms with Crippen molar-refractivity contribution in [2.24, 2.45) is 23.0 Å². The number of hydrogen-bond donors (Lipinski definition) is 2. The van der Waals surface area contributed by atoms with Crippen molar-refractivity contribution in [1.82, 2.24) is 0 Å². The van der Waals surface area contributed by atoms with Crippen molar-refractivity contribution in [3.8, 4) is 0 Å². The smallest absolute Gasteiger partial charge is 0.0583 e. The summed E-state index contributed by atoms with van der Waals surface area (Å²) in [6.45, 7) is 7.50. The molecule has 0 saturated heterocycles. The van der Waals surface area contributed by atoms with Crippen LogP contribution in [0.2, 0.25) is 0 Å². The van der Waals surface area contributed by atoms with E-state index in [1.807, 2.05) is 0 Å². The van der Waals surface area contributed by atoms with Gasteiger partial charge in [0.25, 0.3) is 0 Å². The Balaban J connectivity index is 2.54.